The minimum absolute atomic E-state index is 0.204. The van der Waals surface area contributed by atoms with Gasteiger partial charge < -0.3 is 5.32 Å². The number of anilines is 1. The van der Waals surface area contributed by atoms with Crippen LogP contribution < -0.4 is 10.0 Å². The third-order valence-corrected chi connectivity index (χ3v) is 5.37. The number of hydrogen-bond donors (Lipinski definition) is 3. The zero-order chi connectivity index (χ0) is 15.6. The normalized spacial score (nSPS) is 11.6. The summed E-state index contributed by atoms with van der Waals surface area (Å²) in [5.41, 5.74) is 2.67. The molecule has 1 aromatic heterocycles. The van der Waals surface area contributed by atoms with Crippen LogP contribution in [0.15, 0.2) is 27.6 Å². The minimum atomic E-state index is -3.68. The van der Waals surface area contributed by atoms with E-state index in [1.54, 1.807) is 26.0 Å². The average Bonchev–Trinajstić information content (AvgIpc) is 2.72. The minimum Gasteiger partial charge on any atom is -0.316 e. The van der Waals surface area contributed by atoms with Crippen LogP contribution in [0.3, 0.4) is 0 Å². The van der Waals surface area contributed by atoms with Gasteiger partial charge in [-0.05, 0) is 54.5 Å². The molecule has 0 aliphatic carbocycles. The van der Waals surface area contributed by atoms with Gasteiger partial charge in [-0.2, -0.15) is 5.10 Å². The molecule has 21 heavy (non-hydrogen) atoms. The molecular formula is C13H17BrN4O2S. The molecule has 114 valence electrons. The van der Waals surface area contributed by atoms with Crippen molar-refractivity contribution < 1.29 is 8.42 Å². The van der Waals surface area contributed by atoms with E-state index in [1.165, 1.54) is 0 Å². The van der Waals surface area contributed by atoms with Crippen LogP contribution in [-0.4, -0.2) is 25.7 Å². The second kappa shape index (κ2) is 6.17. The highest BCUT2D eigenvalue weighted by Crippen LogP contribution is 2.27. The molecule has 0 bridgehead atoms. The maximum absolute atomic E-state index is 12.6. The first-order valence-corrected chi connectivity index (χ1v) is 8.60. The fraction of sp³-hybridized carbons (Fsp3) is 0.308. The third kappa shape index (κ3) is 3.45. The lowest BCUT2D eigenvalue weighted by molar-refractivity contribution is 0.600. The lowest BCUT2D eigenvalue weighted by Crippen LogP contribution is -2.15. The van der Waals surface area contributed by atoms with Crippen molar-refractivity contribution in [1.29, 1.82) is 0 Å². The van der Waals surface area contributed by atoms with Crippen LogP contribution in [0.2, 0.25) is 0 Å². The van der Waals surface area contributed by atoms with Gasteiger partial charge in [-0.1, -0.05) is 6.07 Å². The molecule has 3 N–H and O–H groups in total. The molecule has 1 heterocycles. The molecule has 0 amide bonds. The fourth-order valence-corrected chi connectivity index (χ4v) is 4.16. The zero-order valence-corrected chi connectivity index (χ0v) is 14.4. The van der Waals surface area contributed by atoms with Crippen molar-refractivity contribution in [2.24, 2.45) is 0 Å². The number of nitrogens with zero attached hydrogens (tertiary/aromatic N) is 1. The first-order chi connectivity index (χ1) is 9.85. The molecule has 0 fully saturated rings. The summed E-state index contributed by atoms with van der Waals surface area (Å²) < 4.78 is 28.3. The Bertz CT molecular complexity index is 736. The number of nitrogens with one attached hydrogen (secondary N) is 3. The van der Waals surface area contributed by atoms with Crippen molar-refractivity contribution in [3.8, 4) is 0 Å². The highest BCUT2D eigenvalue weighted by molar-refractivity contribution is 9.10. The number of benzene rings is 1. The van der Waals surface area contributed by atoms with Crippen LogP contribution in [-0.2, 0) is 16.6 Å². The van der Waals surface area contributed by atoms with E-state index in [1.807, 2.05) is 13.1 Å². The maximum atomic E-state index is 12.6. The number of H-pyrrole nitrogens is 1. The molecule has 0 saturated carbocycles. The molecule has 0 aliphatic heterocycles. The summed E-state index contributed by atoms with van der Waals surface area (Å²) in [7, 11) is -1.87. The molecule has 0 unspecified atom stereocenters. The molecule has 0 atom stereocenters. The van der Waals surface area contributed by atoms with E-state index in [9.17, 15) is 8.42 Å². The van der Waals surface area contributed by atoms with Crippen LogP contribution >= 0.6 is 15.9 Å². The fourth-order valence-electron chi connectivity index (χ4n) is 1.96. The molecular weight excluding hydrogens is 356 g/mol. The Kier molecular flexibility index (Phi) is 4.70. The second-order valence-electron chi connectivity index (χ2n) is 4.71. The lowest BCUT2D eigenvalue weighted by Gasteiger charge is -2.11. The van der Waals surface area contributed by atoms with Crippen LogP contribution in [0.5, 0.6) is 0 Å². The predicted octanol–water partition coefficient (Wildman–Crippen LogP) is 2.31. The Morgan fingerprint density at radius 3 is 2.62 bits per heavy atom. The molecule has 0 saturated heterocycles. The highest BCUT2D eigenvalue weighted by atomic mass is 79.9. The van der Waals surface area contributed by atoms with E-state index >= 15 is 0 Å². The Labute approximate surface area is 132 Å². The van der Waals surface area contributed by atoms with E-state index in [2.05, 4.69) is 36.2 Å². The smallest absolute Gasteiger partial charge is 0.263 e. The Morgan fingerprint density at radius 1 is 1.33 bits per heavy atom. The number of sulfonamides is 1. The number of aromatic nitrogens is 2. The number of rotatable bonds is 5. The van der Waals surface area contributed by atoms with Gasteiger partial charge in [-0.3, -0.25) is 9.82 Å². The quantitative estimate of drug-likeness (QED) is 0.751. The summed E-state index contributed by atoms with van der Waals surface area (Å²) in [6, 6.07) is 5.25. The van der Waals surface area contributed by atoms with Gasteiger partial charge >= 0.3 is 0 Å². The Hall–Kier alpha value is -1.38. The first-order valence-electron chi connectivity index (χ1n) is 6.32. The molecule has 2 rings (SSSR count). The average molecular weight is 373 g/mol. The second-order valence-corrected chi connectivity index (χ2v) is 7.21. The molecule has 2 aromatic rings. The molecule has 0 aliphatic rings. The summed E-state index contributed by atoms with van der Waals surface area (Å²) in [4.78, 5) is 0.204. The van der Waals surface area contributed by atoms with Crippen LogP contribution in [0, 0.1) is 13.8 Å². The summed E-state index contributed by atoms with van der Waals surface area (Å²) >= 11 is 3.30. The molecule has 0 radical (unpaired) electrons. The van der Waals surface area contributed by atoms with Crippen LogP contribution in [0.4, 0.5) is 5.69 Å². The van der Waals surface area contributed by atoms with Gasteiger partial charge in [0.15, 0.2) is 0 Å². The monoisotopic (exact) mass is 372 g/mol. The zero-order valence-electron chi connectivity index (χ0n) is 12.0. The summed E-state index contributed by atoms with van der Waals surface area (Å²) in [6.07, 6.45) is 0. The van der Waals surface area contributed by atoms with E-state index in [0.29, 0.717) is 28.1 Å². The Morgan fingerprint density at radius 2 is 2.05 bits per heavy atom. The largest absolute Gasteiger partial charge is 0.316 e. The van der Waals surface area contributed by atoms with Crippen molar-refractivity contribution in [3.63, 3.8) is 0 Å². The lowest BCUT2D eigenvalue weighted by atomic mass is 10.2. The van der Waals surface area contributed by atoms with Crippen LogP contribution in [0.1, 0.15) is 17.0 Å². The van der Waals surface area contributed by atoms with E-state index in [-0.39, 0.29) is 4.90 Å². The molecule has 8 heteroatoms. The Balaban J connectivity index is 2.42. The maximum Gasteiger partial charge on any atom is 0.263 e. The summed E-state index contributed by atoms with van der Waals surface area (Å²) in [5.74, 6) is 0. The topological polar surface area (TPSA) is 86.9 Å². The number of halogens is 1. The SMILES string of the molecule is CNCc1ccc(Br)c(S(=O)(=O)Nc2c(C)n[nH]c2C)c1. The molecule has 1 aromatic carbocycles. The van der Waals surface area contributed by atoms with Crippen molar-refractivity contribution in [2.45, 2.75) is 25.3 Å². The standard InChI is InChI=1S/C13H17BrN4O2S/c1-8-13(9(2)17-16-8)18-21(19,20)12-6-10(7-15-3)4-5-11(12)14/h4-6,15,18H,7H2,1-3H3,(H,16,17). The number of aryl methyl sites for hydroxylation is 2. The van der Waals surface area contributed by atoms with Gasteiger partial charge in [0, 0.05) is 11.0 Å². The van der Waals surface area contributed by atoms with Crippen molar-refractivity contribution in [2.75, 3.05) is 11.8 Å². The summed E-state index contributed by atoms with van der Waals surface area (Å²) in [5, 5.41) is 9.75. The van der Waals surface area contributed by atoms with E-state index in [4.69, 9.17) is 0 Å². The van der Waals surface area contributed by atoms with Gasteiger partial charge in [0.05, 0.1) is 17.1 Å². The predicted molar refractivity (Wildman–Crippen MR) is 85.8 cm³/mol. The first kappa shape index (κ1) is 16.0. The van der Waals surface area contributed by atoms with Crippen molar-refractivity contribution >= 4 is 31.6 Å². The molecule has 6 nitrogen and oxygen atoms in total. The number of hydrogen-bond acceptors (Lipinski definition) is 4. The van der Waals surface area contributed by atoms with Gasteiger partial charge in [0.2, 0.25) is 0 Å². The van der Waals surface area contributed by atoms with E-state index < -0.39 is 10.0 Å². The third-order valence-electron chi connectivity index (χ3n) is 3.03. The van der Waals surface area contributed by atoms with Crippen molar-refractivity contribution in [1.82, 2.24) is 15.5 Å². The van der Waals surface area contributed by atoms with Crippen LogP contribution in [0.25, 0.3) is 0 Å². The van der Waals surface area contributed by atoms with Crippen molar-refractivity contribution in [3.05, 3.63) is 39.6 Å². The van der Waals surface area contributed by atoms with Gasteiger partial charge in [0.25, 0.3) is 10.0 Å². The van der Waals surface area contributed by atoms with E-state index in [0.717, 1.165) is 5.56 Å². The van der Waals surface area contributed by atoms with Gasteiger partial charge in [0.1, 0.15) is 4.90 Å². The van der Waals surface area contributed by atoms with Gasteiger partial charge in [-0.25, -0.2) is 8.42 Å². The molecule has 0 spiro atoms. The summed E-state index contributed by atoms with van der Waals surface area (Å²) in [6.45, 7) is 4.11. The highest BCUT2D eigenvalue weighted by Gasteiger charge is 2.21. The van der Waals surface area contributed by atoms with Gasteiger partial charge in [-0.15, -0.1) is 0 Å². The number of aromatic amines is 1.